The summed E-state index contributed by atoms with van der Waals surface area (Å²) in [5.74, 6) is 0.631. The van der Waals surface area contributed by atoms with Gasteiger partial charge in [0.1, 0.15) is 5.82 Å². The van der Waals surface area contributed by atoms with Gasteiger partial charge in [-0.3, -0.25) is 15.6 Å². The van der Waals surface area contributed by atoms with Crippen molar-refractivity contribution in [3.05, 3.63) is 53.6 Å². The molecule has 20 heavy (non-hydrogen) atoms. The normalized spacial score (nSPS) is 10.2. The van der Waals surface area contributed by atoms with Crippen LogP contribution in [0.25, 0.3) is 0 Å². The first-order chi connectivity index (χ1) is 9.52. The number of nitrogen functional groups attached to an aromatic ring is 1. The minimum absolute atomic E-state index is 0.000862. The van der Waals surface area contributed by atoms with E-state index in [-0.39, 0.29) is 11.3 Å². The molecule has 0 spiro atoms. The molecule has 0 fully saturated rings. The molecule has 2 aromatic rings. The number of benzene rings is 1. The number of carbonyl (C=O) groups excluding carboxylic acids is 1. The van der Waals surface area contributed by atoms with Gasteiger partial charge in [0.15, 0.2) is 11.6 Å². The van der Waals surface area contributed by atoms with Crippen molar-refractivity contribution >= 4 is 17.3 Å². The van der Waals surface area contributed by atoms with E-state index in [0.717, 1.165) is 0 Å². The Bertz CT molecular complexity index is 663. The highest BCUT2D eigenvalue weighted by atomic mass is 19.2. The Balaban J connectivity index is 2.33. The number of halogens is 3. The summed E-state index contributed by atoms with van der Waals surface area (Å²) in [5.41, 5.74) is 1.88. The fraction of sp³-hybridized carbons (Fsp3) is 0. The zero-order valence-electron chi connectivity index (χ0n) is 9.95. The number of rotatable bonds is 3. The van der Waals surface area contributed by atoms with Crippen LogP contribution in [-0.2, 0) is 0 Å². The maximum absolute atomic E-state index is 13.4. The molecule has 1 aromatic heterocycles. The van der Waals surface area contributed by atoms with E-state index in [4.69, 9.17) is 5.84 Å². The van der Waals surface area contributed by atoms with E-state index in [9.17, 15) is 18.0 Å². The Morgan fingerprint density at radius 3 is 2.65 bits per heavy atom. The minimum Gasteiger partial charge on any atom is -0.323 e. The molecule has 0 saturated heterocycles. The molecule has 0 aliphatic heterocycles. The quantitative estimate of drug-likeness (QED) is 0.457. The molecule has 5 nitrogen and oxygen atoms in total. The van der Waals surface area contributed by atoms with Gasteiger partial charge in [0.2, 0.25) is 0 Å². The standard InChI is InChI=1S/C12H9F3N4O/c13-6-3-8(14)11(15)10(4-6)18-12(20)7-5-17-2-1-9(7)19-16/h1-5H,16H2,(H,17,19)(H,18,20). The van der Waals surface area contributed by atoms with E-state index >= 15 is 0 Å². The smallest absolute Gasteiger partial charge is 0.259 e. The van der Waals surface area contributed by atoms with Crippen LogP contribution in [0.3, 0.4) is 0 Å². The summed E-state index contributed by atoms with van der Waals surface area (Å²) in [6.07, 6.45) is 2.56. The molecule has 0 saturated carbocycles. The van der Waals surface area contributed by atoms with Crippen LogP contribution in [0, 0.1) is 17.5 Å². The predicted octanol–water partition coefficient (Wildman–Crippen LogP) is 2.04. The molecule has 0 unspecified atom stereocenters. The monoisotopic (exact) mass is 282 g/mol. The maximum Gasteiger partial charge on any atom is 0.259 e. The molecule has 2 rings (SSSR count). The third-order valence-corrected chi connectivity index (χ3v) is 2.46. The number of hydrogen-bond donors (Lipinski definition) is 3. The van der Waals surface area contributed by atoms with Gasteiger partial charge in [-0.2, -0.15) is 0 Å². The van der Waals surface area contributed by atoms with E-state index in [1.54, 1.807) is 0 Å². The third kappa shape index (κ3) is 2.69. The Morgan fingerprint density at radius 1 is 1.20 bits per heavy atom. The molecule has 4 N–H and O–H groups in total. The first-order valence-electron chi connectivity index (χ1n) is 5.39. The van der Waals surface area contributed by atoms with Crippen molar-refractivity contribution in [3.8, 4) is 0 Å². The van der Waals surface area contributed by atoms with Gasteiger partial charge in [-0.05, 0) is 6.07 Å². The van der Waals surface area contributed by atoms with Crippen molar-refractivity contribution in [2.45, 2.75) is 0 Å². The minimum atomic E-state index is -1.40. The van der Waals surface area contributed by atoms with Gasteiger partial charge in [0, 0.05) is 24.5 Å². The van der Waals surface area contributed by atoms with Gasteiger partial charge in [0.05, 0.1) is 16.9 Å². The lowest BCUT2D eigenvalue weighted by Crippen LogP contribution is -2.18. The van der Waals surface area contributed by atoms with Crippen LogP contribution in [0.1, 0.15) is 10.4 Å². The number of pyridine rings is 1. The summed E-state index contributed by atoms with van der Waals surface area (Å²) >= 11 is 0. The maximum atomic E-state index is 13.4. The van der Waals surface area contributed by atoms with Crippen LogP contribution in [0.5, 0.6) is 0 Å². The highest BCUT2D eigenvalue weighted by Gasteiger charge is 2.16. The molecule has 1 amide bonds. The number of hydrogen-bond acceptors (Lipinski definition) is 4. The zero-order valence-corrected chi connectivity index (χ0v) is 9.95. The number of nitrogens with one attached hydrogen (secondary N) is 2. The highest BCUT2D eigenvalue weighted by Crippen LogP contribution is 2.21. The van der Waals surface area contributed by atoms with Gasteiger partial charge >= 0.3 is 0 Å². The van der Waals surface area contributed by atoms with Crippen molar-refractivity contribution in [2.24, 2.45) is 5.84 Å². The number of nitrogens with two attached hydrogens (primary N) is 1. The van der Waals surface area contributed by atoms with Crippen LogP contribution >= 0.6 is 0 Å². The fourth-order valence-electron chi connectivity index (χ4n) is 1.54. The number of amides is 1. The highest BCUT2D eigenvalue weighted by molar-refractivity contribution is 6.07. The molecule has 104 valence electrons. The van der Waals surface area contributed by atoms with Crippen LogP contribution in [0.2, 0.25) is 0 Å². The lowest BCUT2D eigenvalue weighted by molar-refractivity contribution is 0.102. The van der Waals surface area contributed by atoms with Gasteiger partial charge in [-0.25, -0.2) is 13.2 Å². The number of anilines is 2. The Hall–Kier alpha value is -2.61. The molecule has 0 bridgehead atoms. The van der Waals surface area contributed by atoms with E-state index in [1.807, 2.05) is 0 Å². The van der Waals surface area contributed by atoms with Crippen molar-refractivity contribution in [1.82, 2.24) is 4.98 Å². The van der Waals surface area contributed by atoms with Gasteiger partial charge in [-0.15, -0.1) is 0 Å². The third-order valence-electron chi connectivity index (χ3n) is 2.46. The zero-order chi connectivity index (χ0) is 14.7. The SMILES string of the molecule is NNc1ccncc1C(=O)Nc1cc(F)cc(F)c1F. The topological polar surface area (TPSA) is 80.0 Å². The number of carbonyl (C=O) groups is 1. The summed E-state index contributed by atoms with van der Waals surface area (Å²) in [6, 6.07) is 2.46. The Morgan fingerprint density at radius 2 is 1.95 bits per heavy atom. The molecule has 1 aromatic carbocycles. The molecule has 0 radical (unpaired) electrons. The summed E-state index contributed by atoms with van der Waals surface area (Å²) in [4.78, 5) is 15.6. The predicted molar refractivity (Wildman–Crippen MR) is 66.3 cm³/mol. The lowest BCUT2D eigenvalue weighted by atomic mass is 10.2. The summed E-state index contributed by atoms with van der Waals surface area (Å²) in [6.45, 7) is 0. The molecule has 1 heterocycles. The molecule has 0 aliphatic rings. The first kappa shape index (κ1) is 13.8. The van der Waals surface area contributed by atoms with Gasteiger partial charge < -0.3 is 10.7 Å². The number of aromatic nitrogens is 1. The fourth-order valence-corrected chi connectivity index (χ4v) is 1.54. The molecule has 8 heteroatoms. The van der Waals surface area contributed by atoms with Crippen LogP contribution in [-0.4, -0.2) is 10.9 Å². The van der Waals surface area contributed by atoms with Crippen molar-refractivity contribution in [2.75, 3.05) is 10.7 Å². The number of nitrogens with zero attached hydrogens (tertiary/aromatic N) is 1. The molecule has 0 aliphatic carbocycles. The van der Waals surface area contributed by atoms with Crippen molar-refractivity contribution in [3.63, 3.8) is 0 Å². The van der Waals surface area contributed by atoms with Crippen molar-refractivity contribution < 1.29 is 18.0 Å². The van der Waals surface area contributed by atoms with E-state index in [1.165, 1.54) is 18.5 Å². The largest absolute Gasteiger partial charge is 0.323 e. The van der Waals surface area contributed by atoms with Gasteiger partial charge in [0.25, 0.3) is 5.91 Å². The summed E-state index contributed by atoms with van der Waals surface area (Å²) in [5, 5.41) is 2.05. The first-order valence-corrected chi connectivity index (χ1v) is 5.39. The van der Waals surface area contributed by atoms with Crippen LogP contribution in [0.15, 0.2) is 30.6 Å². The second-order valence-electron chi connectivity index (χ2n) is 3.77. The van der Waals surface area contributed by atoms with Crippen LogP contribution in [0.4, 0.5) is 24.5 Å². The Kier molecular flexibility index (Phi) is 3.85. The molecule has 0 atom stereocenters. The lowest BCUT2D eigenvalue weighted by Gasteiger charge is -2.10. The summed E-state index contributed by atoms with van der Waals surface area (Å²) < 4.78 is 39.5. The van der Waals surface area contributed by atoms with E-state index in [0.29, 0.717) is 12.1 Å². The molecular formula is C12H9F3N4O. The average Bonchev–Trinajstić information content (AvgIpc) is 2.44. The second-order valence-corrected chi connectivity index (χ2v) is 3.77. The molecular weight excluding hydrogens is 273 g/mol. The summed E-state index contributed by atoms with van der Waals surface area (Å²) in [7, 11) is 0. The van der Waals surface area contributed by atoms with Crippen LogP contribution < -0.4 is 16.6 Å². The van der Waals surface area contributed by atoms with Gasteiger partial charge in [-0.1, -0.05) is 0 Å². The average molecular weight is 282 g/mol. The Labute approximate surface area is 111 Å². The van der Waals surface area contributed by atoms with E-state index < -0.39 is 29.0 Å². The van der Waals surface area contributed by atoms with E-state index in [2.05, 4.69) is 15.7 Å². The number of hydrazine groups is 1. The second kappa shape index (κ2) is 5.57. The van der Waals surface area contributed by atoms with Crippen molar-refractivity contribution in [1.29, 1.82) is 0 Å².